The number of hydrogen-bond donors (Lipinski definition) is 1. The molecule has 5 heteroatoms. The molecular formula is C13H17F3N2. The molecule has 0 unspecified atom stereocenters. The average Bonchev–Trinajstić information content (AvgIpc) is 2.38. The van der Waals surface area contributed by atoms with Gasteiger partial charge in [-0.3, -0.25) is 4.90 Å². The monoisotopic (exact) mass is 258 g/mol. The molecule has 1 aromatic rings. The highest BCUT2D eigenvalue weighted by Crippen LogP contribution is 2.30. The molecule has 0 saturated carbocycles. The van der Waals surface area contributed by atoms with E-state index in [-0.39, 0.29) is 6.04 Å². The summed E-state index contributed by atoms with van der Waals surface area (Å²) in [6, 6.07) is 5.64. The number of hydrogen-bond acceptors (Lipinski definition) is 2. The third-order valence-corrected chi connectivity index (χ3v) is 3.42. The Kier molecular flexibility index (Phi) is 3.92. The molecule has 1 saturated heterocycles. The summed E-state index contributed by atoms with van der Waals surface area (Å²) in [5.74, 6) is 0. The van der Waals surface area contributed by atoms with Crippen molar-refractivity contribution in [3.8, 4) is 0 Å². The summed E-state index contributed by atoms with van der Waals surface area (Å²) >= 11 is 0. The van der Waals surface area contributed by atoms with Gasteiger partial charge in [-0.1, -0.05) is 12.1 Å². The first-order valence-corrected chi connectivity index (χ1v) is 6.10. The van der Waals surface area contributed by atoms with Crippen molar-refractivity contribution in [2.45, 2.75) is 19.1 Å². The van der Waals surface area contributed by atoms with Gasteiger partial charge in [0.2, 0.25) is 0 Å². The largest absolute Gasteiger partial charge is 0.416 e. The van der Waals surface area contributed by atoms with Gasteiger partial charge in [0.1, 0.15) is 0 Å². The van der Waals surface area contributed by atoms with Gasteiger partial charge in [0.05, 0.1) is 5.56 Å². The summed E-state index contributed by atoms with van der Waals surface area (Å²) < 4.78 is 37.4. The highest BCUT2D eigenvalue weighted by molar-refractivity contribution is 5.26. The van der Waals surface area contributed by atoms with Gasteiger partial charge in [-0.25, -0.2) is 0 Å². The maximum atomic E-state index is 12.5. The van der Waals surface area contributed by atoms with E-state index in [1.807, 2.05) is 6.92 Å². The van der Waals surface area contributed by atoms with E-state index >= 15 is 0 Å². The van der Waals surface area contributed by atoms with E-state index in [4.69, 9.17) is 0 Å². The molecule has 0 aliphatic carbocycles. The molecule has 1 aliphatic heterocycles. The number of rotatable bonds is 2. The van der Waals surface area contributed by atoms with Crippen molar-refractivity contribution in [3.05, 3.63) is 35.4 Å². The van der Waals surface area contributed by atoms with Gasteiger partial charge < -0.3 is 5.32 Å². The van der Waals surface area contributed by atoms with Crippen LogP contribution in [0.15, 0.2) is 24.3 Å². The second-order valence-corrected chi connectivity index (χ2v) is 4.58. The summed E-state index contributed by atoms with van der Waals surface area (Å²) in [5, 5.41) is 3.26. The predicted octanol–water partition coefficient (Wildman–Crippen LogP) is 2.67. The lowest BCUT2D eigenvalue weighted by Gasteiger charge is -2.33. The fraction of sp³-hybridized carbons (Fsp3) is 0.538. The van der Waals surface area contributed by atoms with E-state index < -0.39 is 11.7 Å². The third kappa shape index (κ3) is 3.03. The highest BCUT2D eigenvalue weighted by atomic mass is 19.4. The lowest BCUT2D eigenvalue weighted by atomic mass is 10.0. The summed E-state index contributed by atoms with van der Waals surface area (Å²) in [7, 11) is 0. The van der Waals surface area contributed by atoms with Crippen molar-refractivity contribution in [3.63, 3.8) is 0 Å². The second-order valence-electron chi connectivity index (χ2n) is 4.58. The average molecular weight is 258 g/mol. The summed E-state index contributed by atoms with van der Waals surface area (Å²) in [6.07, 6.45) is -4.25. The van der Waals surface area contributed by atoms with Crippen LogP contribution in [0.2, 0.25) is 0 Å². The standard InChI is InChI=1S/C13H17F3N2/c1-10(18-8-6-17-7-9-18)11-2-4-12(5-3-11)13(14,15)16/h2-5,10,17H,6-9H2,1H3/t10-/m1/s1. The number of alkyl halides is 3. The van der Waals surface area contributed by atoms with Gasteiger partial charge in [-0.15, -0.1) is 0 Å². The van der Waals surface area contributed by atoms with E-state index in [2.05, 4.69) is 10.2 Å². The van der Waals surface area contributed by atoms with Crippen LogP contribution in [0.4, 0.5) is 13.2 Å². The van der Waals surface area contributed by atoms with Crippen molar-refractivity contribution < 1.29 is 13.2 Å². The molecule has 1 N–H and O–H groups in total. The first kappa shape index (κ1) is 13.4. The van der Waals surface area contributed by atoms with Gasteiger partial charge in [0.25, 0.3) is 0 Å². The van der Waals surface area contributed by atoms with Gasteiger partial charge in [-0.2, -0.15) is 13.2 Å². The van der Waals surface area contributed by atoms with Crippen molar-refractivity contribution in [1.29, 1.82) is 0 Å². The molecule has 0 aromatic heterocycles. The Morgan fingerprint density at radius 1 is 1.11 bits per heavy atom. The Labute approximate surface area is 105 Å². The summed E-state index contributed by atoms with van der Waals surface area (Å²) in [6.45, 7) is 5.77. The van der Waals surface area contributed by atoms with Crippen LogP contribution in [0, 0.1) is 0 Å². The lowest BCUT2D eigenvalue weighted by Crippen LogP contribution is -2.44. The smallest absolute Gasteiger partial charge is 0.314 e. The number of nitrogens with zero attached hydrogens (tertiary/aromatic N) is 1. The zero-order valence-corrected chi connectivity index (χ0v) is 10.3. The number of halogens is 3. The van der Waals surface area contributed by atoms with Crippen LogP contribution in [0.25, 0.3) is 0 Å². The van der Waals surface area contributed by atoms with E-state index in [9.17, 15) is 13.2 Å². The molecule has 2 nitrogen and oxygen atoms in total. The minimum absolute atomic E-state index is 0.161. The maximum Gasteiger partial charge on any atom is 0.416 e. The van der Waals surface area contributed by atoms with Gasteiger partial charge >= 0.3 is 6.18 Å². The first-order valence-electron chi connectivity index (χ1n) is 6.10. The molecule has 0 spiro atoms. The molecular weight excluding hydrogens is 241 g/mol. The number of benzene rings is 1. The number of nitrogens with one attached hydrogen (secondary N) is 1. The molecule has 1 aliphatic rings. The van der Waals surface area contributed by atoms with Crippen LogP contribution in [0.1, 0.15) is 24.1 Å². The van der Waals surface area contributed by atoms with Crippen molar-refractivity contribution in [2.75, 3.05) is 26.2 Å². The Balaban J connectivity index is 2.09. The Morgan fingerprint density at radius 2 is 1.67 bits per heavy atom. The van der Waals surface area contributed by atoms with Crippen LogP contribution in [0.3, 0.4) is 0 Å². The minimum Gasteiger partial charge on any atom is -0.314 e. The van der Waals surface area contributed by atoms with Gasteiger partial charge in [0, 0.05) is 32.2 Å². The van der Waals surface area contributed by atoms with Crippen LogP contribution < -0.4 is 5.32 Å². The fourth-order valence-corrected chi connectivity index (χ4v) is 2.23. The molecule has 1 fully saturated rings. The maximum absolute atomic E-state index is 12.5. The molecule has 0 radical (unpaired) electrons. The molecule has 1 aromatic carbocycles. The molecule has 0 bridgehead atoms. The number of piperazine rings is 1. The SMILES string of the molecule is C[C@H](c1ccc(C(F)(F)F)cc1)N1CCNCC1. The molecule has 100 valence electrons. The minimum atomic E-state index is -4.25. The molecule has 1 heterocycles. The third-order valence-electron chi connectivity index (χ3n) is 3.42. The molecule has 0 amide bonds. The summed E-state index contributed by atoms with van der Waals surface area (Å²) in [4.78, 5) is 2.28. The lowest BCUT2D eigenvalue weighted by molar-refractivity contribution is -0.137. The zero-order valence-electron chi connectivity index (χ0n) is 10.3. The van der Waals surface area contributed by atoms with E-state index in [0.29, 0.717) is 0 Å². The van der Waals surface area contributed by atoms with Gasteiger partial charge in [-0.05, 0) is 24.6 Å². The van der Waals surface area contributed by atoms with Crippen LogP contribution in [-0.2, 0) is 6.18 Å². The van der Waals surface area contributed by atoms with Crippen LogP contribution in [-0.4, -0.2) is 31.1 Å². The first-order chi connectivity index (χ1) is 8.48. The van der Waals surface area contributed by atoms with E-state index in [1.54, 1.807) is 12.1 Å². The molecule has 1 atom stereocenters. The van der Waals surface area contributed by atoms with Crippen LogP contribution >= 0.6 is 0 Å². The predicted molar refractivity (Wildman–Crippen MR) is 64.3 cm³/mol. The molecule has 2 rings (SSSR count). The second kappa shape index (κ2) is 5.28. The molecule has 18 heavy (non-hydrogen) atoms. The highest BCUT2D eigenvalue weighted by Gasteiger charge is 2.30. The topological polar surface area (TPSA) is 15.3 Å². The van der Waals surface area contributed by atoms with Crippen LogP contribution in [0.5, 0.6) is 0 Å². The van der Waals surface area contributed by atoms with Gasteiger partial charge in [0.15, 0.2) is 0 Å². The van der Waals surface area contributed by atoms with E-state index in [0.717, 1.165) is 43.9 Å². The van der Waals surface area contributed by atoms with Crippen molar-refractivity contribution in [2.24, 2.45) is 0 Å². The Morgan fingerprint density at radius 3 is 2.17 bits per heavy atom. The summed E-state index contributed by atoms with van der Waals surface area (Å²) in [5.41, 5.74) is 0.351. The quantitative estimate of drug-likeness (QED) is 0.877. The Bertz CT molecular complexity index is 380. The fourth-order valence-electron chi connectivity index (χ4n) is 2.23. The van der Waals surface area contributed by atoms with Crippen molar-refractivity contribution >= 4 is 0 Å². The zero-order chi connectivity index (χ0) is 13.2. The van der Waals surface area contributed by atoms with E-state index in [1.165, 1.54) is 0 Å². The Hall–Kier alpha value is -1.07. The normalized spacial score (nSPS) is 19.8. The van der Waals surface area contributed by atoms with Crippen molar-refractivity contribution in [1.82, 2.24) is 10.2 Å².